The zero-order valence-corrected chi connectivity index (χ0v) is 14.4. The maximum atomic E-state index is 12.1. The first-order chi connectivity index (χ1) is 11.1. The SMILES string of the molecule is O=c1sc(C=Nc2ccc(Br)cc2)c(O)n1Cc1ccccc1. The van der Waals surface area contributed by atoms with E-state index >= 15 is 0 Å². The molecule has 6 heteroatoms. The van der Waals surface area contributed by atoms with Crippen molar-refractivity contribution in [3.05, 3.63) is 79.2 Å². The van der Waals surface area contributed by atoms with Crippen molar-refractivity contribution in [1.82, 2.24) is 4.57 Å². The molecule has 1 heterocycles. The Bertz CT molecular complexity index is 883. The van der Waals surface area contributed by atoms with Crippen molar-refractivity contribution in [3.63, 3.8) is 0 Å². The van der Waals surface area contributed by atoms with E-state index in [0.29, 0.717) is 11.4 Å². The molecule has 0 fully saturated rings. The van der Waals surface area contributed by atoms with Crippen LogP contribution in [0.5, 0.6) is 5.88 Å². The largest absolute Gasteiger partial charge is 0.493 e. The Balaban J connectivity index is 1.86. The number of aromatic nitrogens is 1. The van der Waals surface area contributed by atoms with Crippen molar-refractivity contribution in [2.75, 3.05) is 0 Å². The lowest BCUT2D eigenvalue weighted by molar-refractivity contribution is 0.421. The molecular weight excluding hydrogens is 376 g/mol. The molecule has 0 saturated carbocycles. The molecule has 0 atom stereocenters. The molecule has 3 rings (SSSR count). The smallest absolute Gasteiger partial charge is 0.310 e. The highest BCUT2D eigenvalue weighted by atomic mass is 79.9. The highest BCUT2D eigenvalue weighted by molar-refractivity contribution is 9.10. The minimum absolute atomic E-state index is 0.0512. The van der Waals surface area contributed by atoms with Gasteiger partial charge in [0.15, 0.2) is 0 Å². The summed E-state index contributed by atoms with van der Waals surface area (Å²) >= 11 is 4.34. The summed E-state index contributed by atoms with van der Waals surface area (Å²) in [6, 6.07) is 17.0. The maximum Gasteiger partial charge on any atom is 0.310 e. The van der Waals surface area contributed by atoms with Gasteiger partial charge in [0.2, 0.25) is 5.88 Å². The number of hydrogen-bond acceptors (Lipinski definition) is 4. The van der Waals surface area contributed by atoms with Gasteiger partial charge in [-0.3, -0.25) is 14.4 Å². The van der Waals surface area contributed by atoms with Crippen LogP contribution in [0.1, 0.15) is 10.4 Å². The van der Waals surface area contributed by atoms with E-state index in [2.05, 4.69) is 20.9 Å². The Hall–Kier alpha value is -2.18. The Kier molecular flexibility index (Phi) is 4.73. The molecule has 0 saturated heterocycles. The number of rotatable bonds is 4. The van der Waals surface area contributed by atoms with Crippen LogP contribution in [0, 0.1) is 0 Å². The monoisotopic (exact) mass is 388 g/mol. The van der Waals surface area contributed by atoms with Crippen LogP contribution >= 0.6 is 27.3 Å². The van der Waals surface area contributed by atoms with Crippen LogP contribution < -0.4 is 4.87 Å². The fourth-order valence-corrected chi connectivity index (χ4v) is 3.08. The molecule has 4 nitrogen and oxygen atoms in total. The molecule has 0 amide bonds. The summed E-state index contributed by atoms with van der Waals surface area (Å²) in [5, 5.41) is 10.3. The number of aliphatic imine (C=N–C) groups is 1. The predicted octanol–water partition coefficient (Wildman–Crippen LogP) is 4.18. The van der Waals surface area contributed by atoms with Crippen LogP contribution in [0.3, 0.4) is 0 Å². The van der Waals surface area contributed by atoms with Gasteiger partial charge < -0.3 is 5.11 Å². The number of benzene rings is 2. The highest BCUT2D eigenvalue weighted by Gasteiger charge is 2.12. The average Bonchev–Trinajstić information content (AvgIpc) is 2.83. The van der Waals surface area contributed by atoms with E-state index in [9.17, 15) is 9.90 Å². The van der Waals surface area contributed by atoms with E-state index < -0.39 is 0 Å². The third kappa shape index (κ3) is 3.78. The summed E-state index contributed by atoms with van der Waals surface area (Å²) in [6.07, 6.45) is 1.52. The molecule has 2 aromatic carbocycles. The van der Waals surface area contributed by atoms with E-state index in [0.717, 1.165) is 27.1 Å². The van der Waals surface area contributed by atoms with Gasteiger partial charge in [-0.2, -0.15) is 0 Å². The Morgan fingerprint density at radius 1 is 1.13 bits per heavy atom. The molecule has 0 unspecified atom stereocenters. The summed E-state index contributed by atoms with van der Waals surface area (Å²) in [4.78, 5) is 16.6. The normalized spacial score (nSPS) is 11.2. The molecule has 0 bridgehead atoms. The topological polar surface area (TPSA) is 54.6 Å². The van der Waals surface area contributed by atoms with Gasteiger partial charge in [0.1, 0.15) is 4.88 Å². The molecule has 1 aromatic heterocycles. The number of aromatic hydroxyl groups is 1. The highest BCUT2D eigenvalue weighted by Crippen LogP contribution is 2.21. The number of halogens is 1. The van der Waals surface area contributed by atoms with Crippen LogP contribution in [-0.2, 0) is 6.54 Å². The van der Waals surface area contributed by atoms with Crippen LogP contribution in [0.15, 0.2) is 68.9 Å². The molecule has 23 heavy (non-hydrogen) atoms. The summed E-state index contributed by atoms with van der Waals surface area (Å²) in [5.74, 6) is -0.0512. The van der Waals surface area contributed by atoms with Crippen LogP contribution in [0.25, 0.3) is 0 Å². The van der Waals surface area contributed by atoms with Gasteiger partial charge >= 0.3 is 4.87 Å². The third-order valence-corrected chi connectivity index (χ3v) is 4.67. The fraction of sp³-hybridized carbons (Fsp3) is 0.0588. The second-order valence-electron chi connectivity index (χ2n) is 4.86. The zero-order chi connectivity index (χ0) is 16.2. The van der Waals surface area contributed by atoms with Gasteiger partial charge in [0, 0.05) is 4.47 Å². The summed E-state index contributed by atoms with van der Waals surface area (Å²) in [6.45, 7) is 0.341. The van der Waals surface area contributed by atoms with Crippen LogP contribution in [-0.4, -0.2) is 15.9 Å². The Morgan fingerprint density at radius 3 is 2.52 bits per heavy atom. The van der Waals surface area contributed by atoms with Gasteiger partial charge in [-0.1, -0.05) is 57.6 Å². The van der Waals surface area contributed by atoms with Crippen molar-refractivity contribution in [2.24, 2.45) is 4.99 Å². The predicted molar refractivity (Wildman–Crippen MR) is 97.2 cm³/mol. The van der Waals surface area contributed by atoms with Gasteiger partial charge in [-0.05, 0) is 29.8 Å². The second-order valence-corrected chi connectivity index (χ2v) is 6.77. The molecule has 1 N–H and O–H groups in total. The van der Waals surface area contributed by atoms with Crippen molar-refractivity contribution < 1.29 is 5.11 Å². The zero-order valence-electron chi connectivity index (χ0n) is 12.0. The van der Waals surface area contributed by atoms with E-state index in [1.165, 1.54) is 10.8 Å². The average molecular weight is 389 g/mol. The number of hydrogen-bond donors (Lipinski definition) is 1. The van der Waals surface area contributed by atoms with Crippen LogP contribution in [0.4, 0.5) is 5.69 Å². The van der Waals surface area contributed by atoms with Crippen molar-refractivity contribution in [2.45, 2.75) is 6.54 Å². The van der Waals surface area contributed by atoms with Gasteiger partial charge in [0.05, 0.1) is 18.4 Å². The fourth-order valence-electron chi connectivity index (χ4n) is 2.06. The van der Waals surface area contributed by atoms with E-state index in [-0.39, 0.29) is 10.8 Å². The van der Waals surface area contributed by atoms with Crippen LogP contribution in [0.2, 0.25) is 0 Å². The lowest BCUT2D eigenvalue weighted by atomic mass is 10.2. The minimum atomic E-state index is -0.205. The van der Waals surface area contributed by atoms with Crippen molar-refractivity contribution >= 4 is 39.2 Å². The van der Waals surface area contributed by atoms with Gasteiger partial charge in [-0.15, -0.1) is 0 Å². The molecule has 0 aliphatic carbocycles. The lowest BCUT2D eigenvalue weighted by Gasteiger charge is -2.03. The minimum Gasteiger partial charge on any atom is -0.493 e. The molecule has 0 radical (unpaired) electrons. The summed E-state index contributed by atoms with van der Waals surface area (Å²) in [7, 11) is 0. The lowest BCUT2D eigenvalue weighted by Crippen LogP contribution is -2.13. The van der Waals surface area contributed by atoms with Gasteiger partial charge in [-0.25, -0.2) is 0 Å². The molecule has 0 aliphatic rings. The first-order valence-corrected chi connectivity index (χ1v) is 8.50. The van der Waals surface area contributed by atoms with E-state index in [4.69, 9.17) is 0 Å². The summed E-state index contributed by atoms with van der Waals surface area (Å²) < 4.78 is 2.32. The maximum absolute atomic E-state index is 12.1. The molecular formula is C17H13BrN2O2S. The Labute approximate surface area is 145 Å². The second kappa shape index (κ2) is 6.93. The molecule has 3 aromatic rings. The molecule has 0 aliphatic heterocycles. The number of thiazole rings is 1. The molecule has 0 spiro atoms. The van der Waals surface area contributed by atoms with E-state index in [1.807, 2.05) is 54.6 Å². The summed E-state index contributed by atoms with van der Waals surface area (Å²) in [5.41, 5.74) is 1.71. The number of nitrogens with zero attached hydrogens (tertiary/aromatic N) is 2. The quantitative estimate of drug-likeness (QED) is 0.681. The first kappa shape index (κ1) is 15.7. The van der Waals surface area contributed by atoms with Gasteiger partial charge in [0.25, 0.3) is 0 Å². The van der Waals surface area contributed by atoms with E-state index in [1.54, 1.807) is 0 Å². The standard InChI is InChI=1S/C17H13BrN2O2S/c18-13-6-8-14(9-7-13)19-10-15-16(21)20(17(22)23-15)11-12-4-2-1-3-5-12/h1-10,21H,11H2. The molecule has 116 valence electrons. The Morgan fingerprint density at radius 2 is 1.83 bits per heavy atom. The third-order valence-electron chi connectivity index (χ3n) is 3.23. The van der Waals surface area contributed by atoms with Crippen molar-refractivity contribution in [1.29, 1.82) is 0 Å². The first-order valence-electron chi connectivity index (χ1n) is 6.89. The van der Waals surface area contributed by atoms with Crippen molar-refractivity contribution in [3.8, 4) is 5.88 Å².